The average Bonchev–Trinajstić information content (AvgIpc) is 2.82. The Morgan fingerprint density at radius 1 is 1.39 bits per heavy atom. The van der Waals surface area contributed by atoms with E-state index in [1.165, 1.54) is 39.2 Å². The highest BCUT2D eigenvalue weighted by Crippen LogP contribution is 2.29. The second kappa shape index (κ2) is 5.51. The summed E-state index contributed by atoms with van der Waals surface area (Å²) in [5.74, 6) is 0. The van der Waals surface area contributed by atoms with Crippen LogP contribution in [0.1, 0.15) is 35.0 Å². The van der Waals surface area contributed by atoms with Crippen molar-refractivity contribution < 1.29 is 0 Å². The fourth-order valence-corrected chi connectivity index (χ4v) is 3.91. The maximum atomic E-state index is 4.55. The van der Waals surface area contributed by atoms with Gasteiger partial charge in [0.25, 0.3) is 0 Å². The van der Waals surface area contributed by atoms with Crippen LogP contribution in [0.25, 0.3) is 0 Å². The molecule has 2 aromatic heterocycles. The third-order valence-corrected chi connectivity index (χ3v) is 4.97. The summed E-state index contributed by atoms with van der Waals surface area (Å²) in [4.78, 5) is 5.92. The number of hydrogen-bond acceptors (Lipinski definition) is 3. The first-order valence-electron chi connectivity index (χ1n) is 6.24. The summed E-state index contributed by atoms with van der Waals surface area (Å²) >= 11 is 5.29. The number of nitrogens with one attached hydrogen (secondary N) is 1. The number of nitrogens with zero attached hydrogens (tertiary/aromatic N) is 1. The average molecular weight is 323 g/mol. The summed E-state index contributed by atoms with van der Waals surface area (Å²) in [7, 11) is 0. The van der Waals surface area contributed by atoms with Crippen molar-refractivity contribution >= 4 is 27.3 Å². The molecule has 1 unspecified atom stereocenters. The zero-order valence-corrected chi connectivity index (χ0v) is 12.4. The molecule has 2 aromatic rings. The van der Waals surface area contributed by atoms with Crippen LogP contribution in [-0.4, -0.2) is 4.98 Å². The van der Waals surface area contributed by atoms with Crippen LogP contribution in [0, 0.1) is 0 Å². The Balaban J connectivity index is 1.71. The Labute approximate surface area is 120 Å². The summed E-state index contributed by atoms with van der Waals surface area (Å²) in [5.41, 5.74) is 2.66. The predicted molar refractivity (Wildman–Crippen MR) is 78.8 cm³/mol. The van der Waals surface area contributed by atoms with E-state index in [1.54, 1.807) is 11.3 Å². The molecular formula is C14H15BrN2S. The monoisotopic (exact) mass is 322 g/mol. The number of pyridine rings is 1. The van der Waals surface area contributed by atoms with E-state index in [0.717, 1.165) is 6.54 Å². The van der Waals surface area contributed by atoms with Gasteiger partial charge >= 0.3 is 0 Å². The van der Waals surface area contributed by atoms with Gasteiger partial charge in [-0.05, 0) is 59.0 Å². The van der Waals surface area contributed by atoms with Crippen LogP contribution >= 0.6 is 27.3 Å². The minimum absolute atomic E-state index is 0.413. The van der Waals surface area contributed by atoms with Gasteiger partial charge in [-0.15, -0.1) is 11.3 Å². The van der Waals surface area contributed by atoms with Crippen molar-refractivity contribution in [2.45, 2.75) is 31.8 Å². The number of rotatable bonds is 3. The van der Waals surface area contributed by atoms with Crippen molar-refractivity contribution in [3.63, 3.8) is 0 Å². The number of thiophene rings is 1. The van der Waals surface area contributed by atoms with Crippen LogP contribution in [0.4, 0.5) is 0 Å². The largest absolute Gasteiger partial charge is 0.304 e. The molecule has 4 heteroatoms. The SMILES string of the molecule is Brc1ccc(CNC2CCCc3cccnc32)s1. The predicted octanol–water partition coefficient (Wildman–Crippen LogP) is 4.07. The lowest BCUT2D eigenvalue weighted by Gasteiger charge is -2.25. The normalized spacial score (nSPS) is 18.6. The maximum Gasteiger partial charge on any atom is 0.0701 e. The number of hydrogen-bond donors (Lipinski definition) is 1. The van der Waals surface area contributed by atoms with Crippen LogP contribution in [0.5, 0.6) is 0 Å². The third kappa shape index (κ3) is 2.66. The van der Waals surface area contributed by atoms with Gasteiger partial charge in [-0.1, -0.05) is 6.07 Å². The quantitative estimate of drug-likeness (QED) is 0.921. The summed E-state index contributed by atoms with van der Waals surface area (Å²) in [6.45, 7) is 0.928. The first-order chi connectivity index (χ1) is 8.83. The molecule has 1 aliphatic carbocycles. The van der Waals surface area contributed by atoms with Gasteiger partial charge in [0.05, 0.1) is 15.5 Å². The van der Waals surface area contributed by atoms with Crippen molar-refractivity contribution in [1.29, 1.82) is 0 Å². The standard InChI is InChI=1S/C14H15BrN2S/c15-13-7-6-11(18-13)9-17-12-5-1-3-10-4-2-8-16-14(10)12/h2,4,6-8,12,17H,1,3,5,9H2. The van der Waals surface area contributed by atoms with Gasteiger partial charge in [0.1, 0.15) is 0 Å². The van der Waals surface area contributed by atoms with Crippen LogP contribution in [-0.2, 0) is 13.0 Å². The molecule has 0 saturated heterocycles. The smallest absolute Gasteiger partial charge is 0.0701 e. The Hall–Kier alpha value is -0.710. The topological polar surface area (TPSA) is 24.9 Å². The third-order valence-electron chi connectivity index (χ3n) is 3.35. The molecule has 0 fully saturated rings. The Bertz CT molecular complexity index is 538. The zero-order valence-electron chi connectivity index (χ0n) is 10.0. The van der Waals surface area contributed by atoms with Crippen LogP contribution < -0.4 is 5.32 Å². The van der Waals surface area contributed by atoms with E-state index < -0.39 is 0 Å². The molecule has 0 radical (unpaired) electrons. The van der Waals surface area contributed by atoms with Crippen molar-refractivity contribution in [3.05, 3.63) is 50.4 Å². The number of halogens is 1. The minimum atomic E-state index is 0.413. The molecular weight excluding hydrogens is 308 g/mol. The number of aromatic nitrogens is 1. The molecule has 0 aliphatic heterocycles. The molecule has 0 bridgehead atoms. The van der Waals surface area contributed by atoms with Gasteiger partial charge in [-0.25, -0.2) is 0 Å². The fourth-order valence-electron chi connectivity index (χ4n) is 2.48. The van der Waals surface area contributed by atoms with Crippen molar-refractivity contribution in [2.24, 2.45) is 0 Å². The minimum Gasteiger partial charge on any atom is -0.304 e. The molecule has 94 valence electrons. The summed E-state index contributed by atoms with van der Waals surface area (Å²) in [5, 5.41) is 3.63. The van der Waals surface area contributed by atoms with E-state index in [0.29, 0.717) is 6.04 Å². The second-order valence-corrected chi connectivity index (χ2v) is 7.13. The first kappa shape index (κ1) is 12.3. The van der Waals surface area contributed by atoms with Crippen molar-refractivity contribution in [1.82, 2.24) is 10.3 Å². The molecule has 0 spiro atoms. The van der Waals surface area contributed by atoms with Gasteiger partial charge in [-0.2, -0.15) is 0 Å². The fraction of sp³-hybridized carbons (Fsp3) is 0.357. The molecule has 2 nitrogen and oxygen atoms in total. The Morgan fingerprint density at radius 3 is 3.17 bits per heavy atom. The lowest BCUT2D eigenvalue weighted by Crippen LogP contribution is -2.25. The van der Waals surface area contributed by atoms with Gasteiger partial charge in [-0.3, -0.25) is 4.98 Å². The van der Waals surface area contributed by atoms with E-state index in [2.05, 4.69) is 44.4 Å². The molecule has 1 aliphatic rings. The molecule has 0 amide bonds. The summed E-state index contributed by atoms with van der Waals surface area (Å²) in [6, 6.07) is 8.93. The first-order valence-corrected chi connectivity index (χ1v) is 7.85. The highest BCUT2D eigenvalue weighted by atomic mass is 79.9. The van der Waals surface area contributed by atoms with E-state index in [4.69, 9.17) is 0 Å². The molecule has 0 aromatic carbocycles. The zero-order chi connectivity index (χ0) is 12.4. The molecule has 1 N–H and O–H groups in total. The maximum absolute atomic E-state index is 4.55. The number of aryl methyl sites for hydroxylation is 1. The van der Waals surface area contributed by atoms with Crippen LogP contribution in [0.15, 0.2) is 34.2 Å². The van der Waals surface area contributed by atoms with Crippen molar-refractivity contribution in [2.75, 3.05) is 0 Å². The summed E-state index contributed by atoms with van der Waals surface area (Å²) < 4.78 is 1.20. The van der Waals surface area contributed by atoms with E-state index in [-0.39, 0.29) is 0 Å². The van der Waals surface area contributed by atoms with Crippen LogP contribution in [0.3, 0.4) is 0 Å². The highest BCUT2D eigenvalue weighted by molar-refractivity contribution is 9.11. The van der Waals surface area contributed by atoms with E-state index >= 15 is 0 Å². The highest BCUT2D eigenvalue weighted by Gasteiger charge is 2.20. The van der Waals surface area contributed by atoms with E-state index in [9.17, 15) is 0 Å². The lowest BCUT2D eigenvalue weighted by atomic mass is 9.92. The van der Waals surface area contributed by atoms with Gasteiger partial charge < -0.3 is 5.32 Å². The van der Waals surface area contributed by atoms with Crippen molar-refractivity contribution in [3.8, 4) is 0 Å². The number of fused-ring (bicyclic) bond motifs is 1. The van der Waals surface area contributed by atoms with Gasteiger partial charge in [0.15, 0.2) is 0 Å². The molecule has 2 heterocycles. The second-order valence-electron chi connectivity index (χ2n) is 4.58. The van der Waals surface area contributed by atoms with Gasteiger partial charge in [0, 0.05) is 17.6 Å². The Kier molecular flexibility index (Phi) is 3.77. The van der Waals surface area contributed by atoms with Crippen LogP contribution in [0.2, 0.25) is 0 Å². The molecule has 3 rings (SSSR count). The summed E-state index contributed by atoms with van der Waals surface area (Å²) in [6.07, 6.45) is 5.52. The Morgan fingerprint density at radius 2 is 2.33 bits per heavy atom. The van der Waals surface area contributed by atoms with E-state index in [1.807, 2.05) is 12.3 Å². The molecule has 1 atom stereocenters. The molecule has 18 heavy (non-hydrogen) atoms. The van der Waals surface area contributed by atoms with Gasteiger partial charge in [0.2, 0.25) is 0 Å². The lowest BCUT2D eigenvalue weighted by molar-refractivity contribution is 0.449. The molecule has 0 saturated carbocycles.